The minimum absolute atomic E-state index is 0.235. The van der Waals surface area contributed by atoms with Crippen LogP contribution in [0.3, 0.4) is 0 Å². The van der Waals surface area contributed by atoms with Crippen molar-refractivity contribution in [3.05, 3.63) is 75.4 Å². The molecule has 0 fully saturated rings. The van der Waals surface area contributed by atoms with E-state index in [1.165, 1.54) is 12.3 Å². The van der Waals surface area contributed by atoms with E-state index >= 15 is 0 Å². The van der Waals surface area contributed by atoms with Crippen LogP contribution in [-0.4, -0.2) is 21.4 Å². The van der Waals surface area contributed by atoms with Crippen LogP contribution < -0.4 is 5.56 Å². The zero-order valence-electron chi connectivity index (χ0n) is 13.3. The van der Waals surface area contributed by atoms with Crippen molar-refractivity contribution in [3.63, 3.8) is 0 Å². The van der Waals surface area contributed by atoms with E-state index in [4.69, 9.17) is 4.42 Å². The zero-order valence-corrected chi connectivity index (χ0v) is 13.3. The number of aromatic nitrogens is 2. The van der Waals surface area contributed by atoms with E-state index in [1.54, 1.807) is 12.1 Å². The fourth-order valence-corrected chi connectivity index (χ4v) is 3.05. The molecular weight excluding hydrogens is 328 g/mol. The van der Waals surface area contributed by atoms with E-state index in [9.17, 15) is 13.6 Å². The van der Waals surface area contributed by atoms with Crippen molar-refractivity contribution in [2.45, 2.75) is 19.5 Å². The standard InChI is InChI=1S/C18H15F2N3O2/c19-12-3-4-14(20)11(8-12)9-23-6-5-15-13(10-23)18(24)22-17(21-15)16-2-1-7-25-16/h1-4,7-8H,5-6,9-10H2,(H,21,22,24). The lowest BCUT2D eigenvalue weighted by Crippen LogP contribution is -2.35. The summed E-state index contributed by atoms with van der Waals surface area (Å²) in [6.07, 6.45) is 2.08. The molecule has 7 heteroatoms. The largest absolute Gasteiger partial charge is 0.461 e. The maximum atomic E-state index is 13.8. The number of nitrogens with one attached hydrogen (secondary N) is 1. The number of hydrogen-bond acceptors (Lipinski definition) is 4. The fraction of sp³-hybridized carbons (Fsp3) is 0.222. The predicted octanol–water partition coefficient (Wildman–Crippen LogP) is 2.87. The molecule has 3 heterocycles. The topological polar surface area (TPSA) is 62.1 Å². The Morgan fingerprint density at radius 2 is 2.16 bits per heavy atom. The van der Waals surface area contributed by atoms with Gasteiger partial charge in [0.25, 0.3) is 5.56 Å². The molecule has 1 aliphatic heterocycles. The average Bonchev–Trinajstić information content (AvgIpc) is 3.13. The summed E-state index contributed by atoms with van der Waals surface area (Å²) in [5.41, 5.74) is 1.31. The molecule has 0 saturated carbocycles. The summed E-state index contributed by atoms with van der Waals surface area (Å²) >= 11 is 0. The van der Waals surface area contributed by atoms with Gasteiger partial charge in [-0.05, 0) is 30.3 Å². The normalized spacial score (nSPS) is 14.5. The van der Waals surface area contributed by atoms with Gasteiger partial charge in [0.05, 0.1) is 17.5 Å². The van der Waals surface area contributed by atoms with Crippen molar-refractivity contribution in [1.82, 2.24) is 14.9 Å². The minimum Gasteiger partial charge on any atom is -0.461 e. The van der Waals surface area contributed by atoms with Crippen molar-refractivity contribution in [2.24, 2.45) is 0 Å². The quantitative estimate of drug-likeness (QED) is 0.794. The van der Waals surface area contributed by atoms with Crippen molar-refractivity contribution in [3.8, 4) is 11.6 Å². The Kier molecular flexibility index (Phi) is 3.93. The second-order valence-corrected chi connectivity index (χ2v) is 6.01. The number of hydrogen-bond donors (Lipinski definition) is 1. The Bertz CT molecular complexity index is 967. The lowest BCUT2D eigenvalue weighted by atomic mass is 10.1. The highest BCUT2D eigenvalue weighted by Gasteiger charge is 2.22. The van der Waals surface area contributed by atoms with Crippen molar-refractivity contribution in [1.29, 1.82) is 0 Å². The number of fused-ring (bicyclic) bond motifs is 1. The Morgan fingerprint density at radius 1 is 1.28 bits per heavy atom. The van der Waals surface area contributed by atoms with Crippen molar-refractivity contribution < 1.29 is 13.2 Å². The molecule has 0 aliphatic carbocycles. The van der Waals surface area contributed by atoms with Gasteiger partial charge in [-0.3, -0.25) is 9.69 Å². The second kappa shape index (κ2) is 6.25. The summed E-state index contributed by atoms with van der Waals surface area (Å²) in [6, 6.07) is 6.85. The number of halogens is 2. The fourth-order valence-electron chi connectivity index (χ4n) is 3.05. The van der Waals surface area contributed by atoms with E-state index in [1.807, 2.05) is 4.90 Å². The Labute approximate surface area is 141 Å². The monoisotopic (exact) mass is 343 g/mol. The molecule has 0 saturated heterocycles. The molecule has 4 rings (SSSR count). The van der Waals surface area contributed by atoms with Gasteiger partial charge >= 0.3 is 0 Å². The van der Waals surface area contributed by atoms with Gasteiger partial charge in [-0.25, -0.2) is 13.8 Å². The first-order valence-electron chi connectivity index (χ1n) is 7.92. The molecule has 0 amide bonds. The molecular formula is C18H15F2N3O2. The van der Waals surface area contributed by atoms with Crippen LogP contribution >= 0.6 is 0 Å². The van der Waals surface area contributed by atoms with Crippen molar-refractivity contribution >= 4 is 0 Å². The number of H-pyrrole nitrogens is 1. The number of benzene rings is 1. The molecule has 0 spiro atoms. The summed E-state index contributed by atoms with van der Waals surface area (Å²) in [7, 11) is 0. The van der Waals surface area contributed by atoms with E-state index < -0.39 is 11.6 Å². The van der Waals surface area contributed by atoms with Crippen LogP contribution in [0.2, 0.25) is 0 Å². The van der Waals surface area contributed by atoms with Gasteiger partial charge in [-0.15, -0.1) is 0 Å². The van der Waals surface area contributed by atoms with Gasteiger partial charge in [-0.1, -0.05) is 0 Å². The third kappa shape index (κ3) is 3.10. The molecule has 0 unspecified atom stereocenters. The molecule has 25 heavy (non-hydrogen) atoms. The lowest BCUT2D eigenvalue weighted by Gasteiger charge is -2.27. The second-order valence-electron chi connectivity index (χ2n) is 6.01. The van der Waals surface area contributed by atoms with Crippen LogP contribution in [0, 0.1) is 11.6 Å². The van der Waals surface area contributed by atoms with E-state index in [2.05, 4.69) is 9.97 Å². The van der Waals surface area contributed by atoms with E-state index in [0.29, 0.717) is 42.4 Å². The van der Waals surface area contributed by atoms with E-state index in [0.717, 1.165) is 12.1 Å². The number of rotatable bonds is 3. The molecule has 0 atom stereocenters. The third-order valence-corrected chi connectivity index (χ3v) is 4.30. The smallest absolute Gasteiger partial charge is 0.256 e. The summed E-state index contributed by atoms with van der Waals surface area (Å²) < 4.78 is 32.4. The van der Waals surface area contributed by atoms with Gasteiger partial charge < -0.3 is 9.40 Å². The molecule has 1 aromatic carbocycles. The van der Waals surface area contributed by atoms with Crippen LogP contribution in [0.25, 0.3) is 11.6 Å². The summed E-state index contributed by atoms with van der Waals surface area (Å²) in [4.78, 5) is 21.5. The zero-order chi connectivity index (χ0) is 17.4. The first-order valence-corrected chi connectivity index (χ1v) is 7.92. The average molecular weight is 343 g/mol. The summed E-state index contributed by atoms with van der Waals surface area (Å²) in [6.45, 7) is 1.19. The molecule has 5 nitrogen and oxygen atoms in total. The highest BCUT2D eigenvalue weighted by molar-refractivity contribution is 5.47. The van der Waals surface area contributed by atoms with E-state index in [-0.39, 0.29) is 17.7 Å². The lowest BCUT2D eigenvalue weighted by molar-refractivity contribution is 0.238. The van der Waals surface area contributed by atoms with Gasteiger partial charge in [0.2, 0.25) is 0 Å². The SMILES string of the molecule is O=c1[nH]c(-c2ccco2)nc2c1CN(Cc1cc(F)ccc1F)CC2. The number of aromatic amines is 1. The minimum atomic E-state index is -0.476. The Hall–Kier alpha value is -2.80. The number of furan rings is 1. The van der Waals surface area contributed by atoms with Gasteiger partial charge in [0.15, 0.2) is 11.6 Å². The first kappa shape index (κ1) is 15.7. The summed E-state index contributed by atoms with van der Waals surface area (Å²) in [5.74, 6) is -0.0219. The maximum Gasteiger partial charge on any atom is 0.256 e. The van der Waals surface area contributed by atoms with Crippen LogP contribution in [0.1, 0.15) is 16.8 Å². The highest BCUT2D eigenvalue weighted by Crippen LogP contribution is 2.21. The third-order valence-electron chi connectivity index (χ3n) is 4.30. The van der Waals surface area contributed by atoms with Gasteiger partial charge in [-0.2, -0.15) is 0 Å². The van der Waals surface area contributed by atoms with Gasteiger partial charge in [0.1, 0.15) is 11.6 Å². The van der Waals surface area contributed by atoms with Gasteiger partial charge in [0, 0.05) is 31.6 Å². The first-order chi connectivity index (χ1) is 12.1. The van der Waals surface area contributed by atoms with Crippen LogP contribution in [0.5, 0.6) is 0 Å². The Morgan fingerprint density at radius 3 is 2.96 bits per heavy atom. The summed E-state index contributed by atoms with van der Waals surface area (Å²) in [5, 5.41) is 0. The molecule has 3 aromatic rings. The van der Waals surface area contributed by atoms with Crippen molar-refractivity contribution in [2.75, 3.05) is 6.54 Å². The van der Waals surface area contributed by atoms with Crippen LogP contribution in [-0.2, 0) is 19.5 Å². The molecule has 0 radical (unpaired) electrons. The Balaban J connectivity index is 1.59. The highest BCUT2D eigenvalue weighted by atomic mass is 19.1. The predicted molar refractivity (Wildman–Crippen MR) is 86.7 cm³/mol. The molecule has 2 aromatic heterocycles. The number of nitrogens with zero attached hydrogens (tertiary/aromatic N) is 2. The molecule has 1 aliphatic rings. The molecule has 128 valence electrons. The molecule has 1 N–H and O–H groups in total. The van der Waals surface area contributed by atoms with Crippen LogP contribution in [0.4, 0.5) is 8.78 Å². The van der Waals surface area contributed by atoms with Crippen LogP contribution in [0.15, 0.2) is 45.8 Å². The maximum absolute atomic E-state index is 13.8. The molecule has 0 bridgehead atoms.